The van der Waals surface area contributed by atoms with Gasteiger partial charge in [-0.1, -0.05) is 32.4 Å². The fourth-order valence-corrected chi connectivity index (χ4v) is 6.17. The molecule has 2 saturated carbocycles. The van der Waals surface area contributed by atoms with Gasteiger partial charge in [0.1, 0.15) is 12.4 Å². The molecule has 5 atom stereocenters. The van der Waals surface area contributed by atoms with Crippen molar-refractivity contribution in [2.45, 2.75) is 78.2 Å². The SMILES string of the molecule is CC1(C)CCC2C(CC=C3CC(OC=O)CCC32C)C1CCC=O. The predicted molar refractivity (Wildman–Crippen MR) is 94.4 cm³/mol. The first kappa shape index (κ1) is 17.7. The van der Waals surface area contributed by atoms with E-state index in [0.29, 0.717) is 30.1 Å². The summed E-state index contributed by atoms with van der Waals surface area (Å²) in [5, 5.41) is 0. The van der Waals surface area contributed by atoms with Gasteiger partial charge in [0.2, 0.25) is 0 Å². The third kappa shape index (κ3) is 2.95. The Morgan fingerprint density at radius 3 is 2.71 bits per heavy atom. The fraction of sp³-hybridized carbons (Fsp3) is 0.810. The first-order valence-corrected chi connectivity index (χ1v) is 9.64. The van der Waals surface area contributed by atoms with Gasteiger partial charge in [0.25, 0.3) is 6.47 Å². The Bertz CT molecular complexity index is 521. The second kappa shape index (κ2) is 6.65. The maximum Gasteiger partial charge on any atom is 0.293 e. The average Bonchev–Trinajstić information content (AvgIpc) is 2.54. The first-order valence-electron chi connectivity index (χ1n) is 9.64. The number of hydrogen-bond donors (Lipinski definition) is 0. The largest absolute Gasteiger partial charge is 0.464 e. The molecule has 134 valence electrons. The van der Waals surface area contributed by atoms with E-state index in [1.165, 1.54) is 18.4 Å². The Morgan fingerprint density at radius 2 is 2.00 bits per heavy atom. The van der Waals surface area contributed by atoms with E-state index >= 15 is 0 Å². The highest BCUT2D eigenvalue weighted by Gasteiger charge is 2.53. The summed E-state index contributed by atoms with van der Waals surface area (Å²) in [4.78, 5) is 21.6. The fourth-order valence-electron chi connectivity index (χ4n) is 6.17. The topological polar surface area (TPSA) is 43.4 Å². The standard InChI is InChI=1S/C21H32O3/c1-20(2)10-9-19-17(18(20)5-4-12-22)7-6-15-13-16(24-14-23)8-11-21(15,19)3/h6,12,14,16-19H,4-5,7-11,13H2,1-3H3. The zero-order valence-corrected chi connectivity index (χ0v) is 15.4. The van der Waals surface area contributed by atoms with Crippen molar-refractivity contribution in [3.8, 4) is 0 Å². The van der Waals surface area contributed by atoms with Crippen LogP contribution in [-0.4, -0.2) is 18.9 Å². The minimum Gasteiger partial charge on any atom is -0.464 e. The van der Waals surface area contributed by atoms with Crippen LogP contribution in [0, 0.1) is 28.6 Å². The summed E-state index contributed by atoms with van der Waals surface area (Å²) >= 11 is 0. The van der Waals surface area contributed by atoms with Gasteiger partial charge in [-0.05, 0) is 67.1 Å². The molecule has 3 nitrogen and oxygen atoms in total. The molecule has 0 heterocycles. The van der Waals surface area contributed by atoms with Crippen molar-refractivity contribution in [3.05, 3.63) is 11.6 Å². The summed E-state index contributed by atoms with van der Waals surface area (Å²) in [5.74, 6) is 2.06. The highest BCUT2D eigenvalue weighted by atomic mass is 16.5. The summed E-state index contributed by atoms with van der Waals surface area (Å²) in [6.45, 7) is 7.85. The van der Waals surface area contributed by atoms with Gasteiger partial charge in [0.15, 0.2) is 0 Å². The van der Waals surface area contributed by atoms with Crippen molar-refractivity contribution in [1.82, 2.24) is 0 Å². The molecule has 0 N–H and O–H groups in total. The lowest BCUT2D eigenvalue weighted by Gasteiger charge is -2.58. The van der Waals surface area contributed by atoms with E-state index in [0.717, 1.165) is 44.3 Å². The molecule has 5 unspecified atom stereocenters. The van der Waals surface area contributed by atoms with Crippen molar-refractivity contribution < 1.29 is 14.3 Å². The molecule has 0 amide bonds. The Hall–Kier alpha value is -1.12. The van der Waals surface area contributed by atoms with E-state index in [1.54, 1.807) is 0 Å². The first-order chi connectivity index (χ1) is 11.4. The molecule has 0 aromatic heterocycles. The monoisotopic (exact) mass is 332 g/mol. The smallest absolute Gasteiger partial charge is 0.293 e. The molecule has 0 radical (unpaired) electrons. The summed E-state index contributed by atoms with van der Waals surface area (Å²) in [7, 11) is 0. The van der Waals surface area contributed by atoms with Gasteiger partial charge in [-0.25, -0.2) is 0 Å². The third-order valence-corrected chi connectivity index (χ3v) is 7.60. The summed E-state index contributed by atoms with van der Waals surface area (Å²) < 4.78 is 5.26. The van der Waals surface area contributed by atoms with E-state index in [9.17, 15) is 9.59 Å². The molecule has 0 spiro atoms. The van der Waals surface area contributed by atoms with Crippen LogP contribution in [0.3, 0.4) is 0 Å². The maximum atomic E-state index is 11.0. The van der Waals surface area contributed by atoms with Gasteiger partial charge in [-0.2, -0.15) is 0 Å². The molecular formula is C21H32O3. The molecule has 0 aliphatic heterocycles. The summed E-state index contributed by atoms with van der Waals surface area (Å²) in [5.41, 5.74) is 2.13. The molecule has 3 heteroatoms. The minimum atomic E-state index is 0.0734. The lowest BCUT2D eigenvalue weighted by molar-refractivity contribution is -0.136. The van der Waals surface area contributed by atoms with E-state index in [1.807, 2.05) is 0 Å². The number of carbonyl (C=O) groups excluding carboxylic acids is 2. The number of carbonyl (C=O) groups is 2. The van der Waals surface area contributed by atoms with Gasteiger partial charge in [0.05, 0.1) is 0 Å². The lowest BCUT2D eigenvalue weighted by Crippen LogP contribution is -2.50. The van der Waals surface area contributed by atoms with E-state index in [-0.39, 0.29) is 11.5 Å². The Labute approximate surface area is 146 Å². The van der Waals surface area contributed by atoms with E-state index < -0.39 is 0 Å². The summed E-state index contributed by atoms with van der Waals surface area (Å²) in [6.07, 6.45) is 12.1. The van der Waals surface area contributed by atoms with Crippen LogP contribution in [0.15, 0.2) is 11.6 Å². The maximum absolute atomic E-state index is 11.0. The van der Waals surface area contributed by atoms with Crippen molar-refractivity contribution in [2.75, 3.05) is 0 Å². The van der Waals surface area contributed by atoms with Crippen LogP contribution in [0.25, 0.3) is 0 Å². The van der Waals surface area contributed by atoms with Crippen molar-refractivity contribution in [3.63, 3.8) is 0 Å². The van der Waals surface area contributed by atoms with Crippen molar-refractivity contribution in [2.24, 2.45) is 28.6 Å². The van der Waals surface area contributed by atoms with Crippen LogP contribution in [0.1, 0.15) is 72.1 Å². The van der Waals surface area contributed by atoms with Crippen LogP contribution in [0.5, 0.6) is 0 Å². The zero-order chi connectivity index (χ0) is 17.4. The summed E-state index contributed by atoms with van der Waals surface area (Å²) in [6, 6.07) is 0. The Morgan fingerprint density at radius 1 is 1.21 bits per heavy atom. The second-order valence-electron chi connectivity index (χ2n) is 9.13. The van der Waals surface area contributed by atoms with Crippen LogP contribution in [-0.2, 0) is 14.3 Å². The minimum absolute atomic E-state index is 0.0734. The molecule has 0 bridgehead atoms. The van der Waals surface area contributed by atoms with Gasteiger partial charge in [-0.15, -0.1) is 0 Å². The van der Waals surface area contributed by atoms with Gasteiger partial charge in [-0.3, -0.25) is 4.79 Å². The number of allylic oxidation sites excluding steroid dienone is 1. The van der Waals surface area contributed by atoms with Crippen molar-refractivity contribution >= 4 is 12.8 Å². The predicted octanol–water partition coefficient (Wildman–Crippen LogP) is 4.70. The molecule has 0 aromatic carbocycles. The second-order valence-corrected chi connectivity index (χ2v) is 9.13. The lowest BCUT2D eigenvalue weighted by atomic mass is 9.47. The van der Waals surface area contributed by atoms with Gasteiger partial charge in [0, 0.05) is 12.8 Å². The highest BCUT2D eigenvalue weighted by molar-refractivity contribution is 5.49. The van der Waals surface area contributed by atoms with Gasteiger partial charge < -0.3 is 9.53 Å². The quantitative estimate of drug-likeness (QED) is 0.541. The van der Waals surface area contributed by atoms with E-state index in [4.69, 9.17) is 4.74 Å². The molecular weight excluding hydrogens is 300 g/mol. The number of rotatable bonds is 5. The number of aldehydes is 1. The van der Waals surface area contributed by atoms with Crippen LogP contribution < -0.4 is 0 Å². The Kier molecular flexibility index (Phi) is 4.90. The average molecular weight is 332 g/mol. The normalized spacial score (nSPS) is 40.7. The third-order valence-electron chi connectivity index (χ3n) is 7.60. The van der Waals surface area contributed by atoms with Gasteiger partial charge >= 0.3 is 0 Å². The molecule has 0 saturated heterocycles. The molecule has 3 rings (SSSR count). The number of hydrogen-bond acceptors (Lipinski definition) is 3. The van der Waals surface area contributed by atoms with Crippen LogP contribution in [0.2, 0.25) is 0 Å². The molecule has 0 aromatic rings. The van der Waals surface area contributed by atoms with Crippen LogP contribution in [0.4, 0.5) is 0 Å². The highest BCUT2D eigenvalue weighted by Crippen LogP contribution is 2.61. The number of ether oxygens (including phenoxy) is 1. The van der Waals surface area contributed by atoms with Crippen LogP contribution >= 0.6 is 0 Å². The van der Waals surface area contributed by atoms with Crippen molar-refractivity contribution in [1.29, 1.82) is 0 Å². The molecule has 24 heavy (non-hydrogen) atoms. The Balaban J connectivity index is 1.85. The molecule has 3 aliphatic carbocycles. The molecule has 3 aliphatic rings. The van der Waals surface area contributed by atoms with E-state index in [2.05, 4.69) is 26.8 Å². The number of fused-ring (bicyclic) bond motifs is 3. The molecule has 2 fully saturated rings. The zero-order valence-electron chi connectivity index (χ0n) is 15.4.